The Bertz CT molecular complexity index is 662. The first kappa shape index (κ1) is 17.3. The van der Waals surface area contributed by atoms with Gasteiger partial charge in [0, 0.05) is 0 Å². The van der Waals surface area contributed by atoms with Gasteiger partial charge in [0.1, 0.15) is 18.4 Å². The molecule has 0 heterocycles. The molecule has 2 atom stereocenters. The van der Waals surface area contributed by atoms with Crippen LogP contribution in [0.3, 0.4) is 0 Å². The summed E-state index contributed by atoms with van der Waals surface area (Å²) < 4.78 is 5.76. The lowest BCUT2D eigenvalue weighted by molar-refractivity contribution is -0.123. The summed E-state index contributed by atoms with van der Waals surface area (Å²) in [6.07, 6.45) is 0. The van der Waals surface area contributed by atoms with E-state index in [0.29, 0.717) is 0 Å². The molecular weight excluding hydrogens is 306 g/mol. The largest absolute Gasteiger partial charge is 0.491 e. The van der Waals surface area contributed by atoms with Crippen molar-refractivity contribution in [3.8, 4) is 5.75 Å². The summed E-state index contributed by atoms with van der Waals surface area (Å²) >= 11 is 0. The SMILES string of the molecule is CC(NC(N)=O)C(=O)NC(COc1ccccc1)c1ccccc1. The summed E-state index contributed by atoms with van der Waals surface area (Å²) in [5.74, 6) is 0.385. The van der Waals surface area contributed by atoms with Gasteiger partial charge >= 0.3 is 6.03 Å². The van der Waals surface area contributed by atoms with Crippen LogP contribution in [0.4, 0.5) is 4.79 Å². The molecule has 0 aliphatic carbocycles. The molecule has 0 aliphatic heterocycles. The van der Waals surface area contributed by atoms with Gasteiger partial charge in [-0.15, -0.1) is 0 Å². The zero-order valence-electron chi connectivity index (χ0n) is 13.4. The lowest BCUT2D eigenvalue weighted by Crippen LogP contribution is -2.48. The van der Waals surface area contributed by atoms with E-state index in [9.17, 15) is 9.59 Å². The Morgan fingerprint density at radius 3 is 2.17 bits per heavy atom. The second-order valence-electron chi connectivity index (χ2n) is 5.33. The third kappa shape index (κ3) is 5.31. The van der Waals surface area contributed by atoms with Crippen molar-refractivity contribution in [2.45, 2.75) is 19.0 Å². The van der Waals surface area contributed by atoms with E-state index in [1.807, 2.05) is 60.7 Å². The van der Waals surface area contributed by atoms with Crippen molar-refractivity contribution in [1.82, 2.24) is 10.6 Å². The lowest BCUT2D eigenvalue weighted by atomic mass is 10.1. The summed E-state index contributed by atoms with van der Waals surface area (Å²) in [7, 11) is 0. The van der Waals surface area contributed by atoms with Crippen LogP contribution >= 0.6 is 0 Å². The van der Waals surface area contributed by atoms with Crippen molar-refractivity contribution in [2.24, 2.45) is 5.73 Å². The summed E-state index contributed by atoms with van der Waals surface area (Å²) in [5, 5.41) is 5.23. The molecule has 6 heteroatoms. The molecule has 3 amide bonds. The normalized spacial score (nSPS) is 12.7. The van der Waals surface area contributed by atoms with Gasteiger partial charge in [-0.2, -0.15) is 0 Å². The molecule has 2 aromatic rings. The minimum absolute atomic E-state index is 0.267. The lowest BCUT2D eigenvalue weighted by Gasteiger charge is -2.22. The van der Waals surface area contributed by atoms with Crippen molar-refractivity contribution in [1.29, 1.82) is 0 Å². The molecule has 0 saturated carbocycles. The Morgan fingerprint density at radius 2 is 1.58 bits per heavy atom. The van der Waals surface area contributed by atoms with Crippen LogP contribution in [0.5, 0.6) is 5.75 Å². The predicted molar refractivity (Wildman–Crippen MR) is 91.4 cm³/mol. The molecule has 0 bridgehead atoms. The molecule has 0 spiro atoms. The van der Waals surface area contributed by atoms with Crippen LogP contribution in [-0.4, -0.2) is 24.6 Å². The number of ether oxygens (including phenoxy) is 1. The van der Waals surface area contributed by atoms with Gasteiger partial charge in [0.05, 0.1) is 6.04 Å². The number of para-hydroxylation sites is 1. The maximum absolute atomic E-state index is 12.2. The number of hydrogen-bond donors (Lipinski definition) is 3. The van der Waals surface area contributed by atoms with Crippen LogP contribution in [0, 0.1) is 0 Å². The number of hydrogen-bond acceptors (Lipinski definition) is 3. The number of urea groups is 1. The summed E-state index contributed by atoms with van der Waals surface area (Å²) in [5.41, 5.74) is 5.96. The molecule has 24 heavy (non-hydrogen) atoms. The molecule has 0 aromatic heterocycles. The van der Waals surface area contributed by atoms with E-state index >= 15 is 0 Å². The Morgan fingerprint density at radius 1 is 1.00 bits per heavy atom. The predicted octanol–water partition coefficient (Wildman–Crippen LogP) is 1.98. The van der Waals surface area contributed by atoms with Crippen molar-refractivity contribution < 1.29 is 14.3 Å². The van der Waals surface area contributed by atoms with Gasteiger partial charge in [0.25, 0.3) is 0 Å². The van der Waals surface area contributed by atoms with E-state index in [-0.39, 0.29) is 18.6 Å². The monoisotopic (exact) mass is 327 g/mol. The number of benzene rings is 2. The van der Waals surface area contributed by atoms with E-state index in [1.165, 1.54) is 0 Å². The highest BCUT2D eigenvalue weighted by molar-refractivity contribution is 5.86. The Labute approximate surface area is 141 Å². The quantitative estimate of drug-likeness (QED) is 0.726. The fraction of sp³-hybridized carbons (Fsp3) is 0.222. The van der Waals surface area contributed by atoms with Gasteiger partial charge in [0.15, 0.2) is 0 Å². The van der Waals surface area contributed by atoms with Gasteiger partial charge in [-0.05, 0) is 24.6 Å². The van der Waals surface area contributed by atoms with E-state index in [2.05, 4.69) is 10.6 Å². The Hall–Kier alpha value is -3.02. The minimum atomic E-state index is -0.741. The second kappa shape index (κ2) is 8.57. The molecule has 4 N–H and O–H groups in total. The maximum atomic E-state index is 12.2. The number of nitrogens with two attached hydrogens (primary N) is 1. The van der Waals surface area contributed by atoms with E-state index in [1.54, 1.807) is 6.92 Å². The zero-order valence-corrected chi connectivity index (χ0v) is 13.4. The van der Waals surface area contributed by atoms with Gasteiger partial charge in [0.2, 0.25) is 5.91 Å². The second-order valence-corrected chi connectivity index (χ2v) is 5.33. The van der Waals surface area contributed by atoms with Crippen LogP contribution in [-0.2, 0) is 4.79 Å². The van der Waals surface area contributed by atoms with Crippen molar-refractivity contribution in [3.05, 3.63) is 66.2 Å². The third-order valence-corrected chi connectivity index (χ3v) is 3.43. The first-order valence-corrected chi connectivity index (χ1v) is 7.65. The highest BCUT2D eigenvalue weighted by Gasteiger charge is 2.20. The smallest absolute Gasteiger partial charge is 0.312 e. The minimum Gasteiger partial charge on any atom is -0.491 e. The molecule has 0 aliphatic rings. The molecule has 2 rings (SSSR count). The van der Waals surface area contributed by atoms with E-state index in [4.69, 9.17) is 10.5 Å². The molecule has 0 fully saturated rings. The number of nitrogens with one attached hydrogen (secondary N) is 2. The van der Waals surface area contributed by atoms with Crippen molar-refractivity contribution >= 4 is 11.9 Å². The van der Waals surface area contributed by atoms with E-state index < -0.39 is 12.1 Å². The maximum Gasteiger partial charge on any atom is 0.312 e. The number of carbonyl (C=O) groups excluding carboxylic acids is 2. The van der Waals surface area contributed by atoms with Crippen LogP contribution < -0.4 is 21.1 Å². The molecule has 2 aromatic carbocycles. The zero-order chi connectivity index (χ0) is 17.4. The Balaban J connectivity index is 2.06. The first-order valence-electron chi connectivity index (χ1n) is 7.65. The van der Waals surface area contributed by atoms with Crippen LogP contribution in [0.15, 0.2) is 60.7 Å². The van der Waals surface area contributed by atoms with Gasteiger partial charge in [-0.3, -0.25) is 4.79 Å². The average molecular weight is 327 g/mol. The number of carbonyl (C=O) groups is 2. The number of primary amides is 1. The summed E-state index contributed by atoms with van der Waals surface area (Å²) in [6.45, 7) is 1.84. The van der Waals surface area contributed by atoms with Crippen molar-refractivity contribution in [3.63, 3.8) is 0 Å². The molecule has 2 unspecified atom stereocenters. The summed E-state index contributed by atoms with van der Waals surface area (Å²) in [4.78, 5) is 23.1. The number of rotatable bonds is 7. The highest BCUT2D eigenvalue weighted by Crippen LogP contribution is 2.16. The molecule has 0 radical (unpaired) electrons. The molecule has 6 nitrogen and oxygen atoms in total. The fourth-order valence-electron chi connectivity index (χ4n) is 2.18. The number of amides is 3. The first-order chi connectivity index (χ1) is 11.6. The van der Waals surface area contributed by atoms with E-state index in [0.717, 1.165) is 11.3 Å². The highest BCUT2D eigenvalue weighted by atomic mass is 16.5. The van der Waals surface area contributed by atoms with Gasteiger partial charge in [-0.25, -0.2) is 4.79 Å². The van der Waals surface area contributed by atoms with Gasteiger partial charge in [-0.1, -0.05) is 48.5 Å². The van der Waals surface area contributed by atoms with Crippen LogP contribution in [0.25, 0.3) is 0 Å². The van der Waals surface area contributed by atoms with Crippen LogP contribution in [0.1, 0.15) is 18.5 Å². The fourth-order valence-corrected chi connectivity index (χ4v) is 2.18. The van der Waals surface area contributed by atoms with Crippen molar-refractivity contribution in [2.75, 3.05) is 6.61 Å². The van der Waals surface area contributed by atoms with Crippen LogP contribution in [0.2, 0.25) is 0 Å². The standard InChI is InChI=1S/C18H21N3O3/c1-13(20-18(19)23)17(22)21-16(14-8-4-2-5-9-14)12-24-15-10-6-3-7-11-15/h2-11,13,16H,12H2,1H3,(H,21,22)(H3,19,20,23). The Kier molecular flexibility index (Phi) is 6.19. The molecule has 126 valence electrons. The van der Waals surface area contributed by atoms with Gasteiger partial charge < -0.3 is 21.1 Å². The summed E-state index contributed by atoms with van der Waals surface area (Å²) in [6, 6.07) is 17.0. The average Bonchev–Trinajstić information content (AvgIpc) is 2.59. The molecule has 0 saturated heterocycles. The molecular formula is C18H21N3O3. The third-order valence-electron chi connectivity index (χ3n) is 3.43. The topological polar surface area (TPSA) is 93.5 Å².